The molecule has 1 aromatic heterocycles. The van der Waals surface area contributed by atoms with Crippen LogP contribution in [0.2, 0.25) is 5.02 Å². The molecule has 0 radical (unpaired) electrons. The van der Waals surface area contributed by atoms with Crippen LogP contribution in [-0.4, -0.2) is 54.6 Å². The fraction of sp³-hybridized carbons (Fsp3) is 0.393. The van der Waals surface area contributed by atoms with E-state index in [-0.39, 0.29) is 17.8 Å². The van der Waals surface area contributed by atoms with Crippen molar-refractivity contribution in [1.29, 1.82) is 0 Å². The Morgan fingerprint density at radius 2 is 1.84 bits per heavy atom. The van der Waals surface area contributed by atoms with Gasteiger partial charge in [0.2, 0.25) is 5.91 Å². The van der Waals surface area contributed by atoms with Crippen LogP contribution < -0.4 is 9.64 Å². The average molecular weight is 542 g/mol. The van der Waals surface area contributed by atoms with Gasteiger partial charge in [0.25, 0.3) is 0 Å². The van der Waals surface area contributed by atoms with Crippen LogP contribution in [0.25, 0.3) is 11.3 Å². The number of nitrogens with zero attached hydrogens (tertiary/aromatic N) is 3. The van der Waals surface area contributed by atoms with E-state index in [1.165, 1.54) is 11.3 Å². The number of hydrogen-bond acceptors (Lipinski definition) is 7. The van der Waals surface area contributed by atoms with E-state index in [0.29, 0.717) is 49.1 Å². The molecule has 0 N–H and O–H groups in total. The Kier molecular flexibility index (Phi) is 9.05. The van der Waals surface area contributed by atoms with E-state index in [4.69, 9.17) is 26.1 Å². The van der Waals surface area contributed by atoms with Gasteiger partial charge in [-0.1, -0.05) is 30.7 Å². The van der Waals surface area contributed by atoms with E-state index in [2.05, 4.69) is 0 Å². The third kappa shape index (κ3) is 6.08. The number of ether oxygens (including phenoxy) is 2. The number of carbonyl (C=O) groups excluding carboxylic acids is 2. The van der Waals surface area contributed by atoms with Gasteiger partial charge in [0.05, 0.1) is 36.0 Å². The quantitative estimate of drug-likeness (QED) is 0.301. The lowest BCUT2D eigenvalue weighted by Gasteiger charge is -2.37. The van der Waals surface area contributed by atoms with Crippen LogP contribution in [0.4, 0.5) is 10.8 Å². The van der Waals surface area contributed by atoms with E-state index in [1.54, 1.807) is 7.11 Å². The van der Waals surface area contributed by atoms with Gasteiger partial charge in [0, 0.05) is 24.0 Å². The van der Waals surface area contributed by atoms with Crippen molar-refractivity contribution in [3.8, 4) is 17.0 Å². The first-order chi connectivity index (χ1) is 18.0. The third-order valence-corrected chi connectivity index (χ3v) is 7.77. The van der Waals surface area contributed by atoms with Crippen LogP contribution in [-0.2, 0) is 14.3 Å². The molecule has 196 valence electrons. The fourth-order valence-electron chi connectivity index (χ4n) is 4.59. The van der Waals surface area contributed by atoms with Crippen molar-refractivity contribution in [3.05, 3.63) is 58.9 Å². The molecule has 0 saturated carbocycles. The van der Waals surface area contributed by atoms with E-state index < -0.39 is 6.04 Å². The van der Waals surface area contributed by atoms with Crippen molar-refractivity contribution in [2.45, 2.75) is 39.2 Å². The molecule has 1 atom stereocenters. The molecular formula is C28H32ClN3O4S. The van der Waals surface area contributed by atoms with Gasteiger partial charge in [0.1, 0.15) is 11.8 Å². The van der Waals surface area contributed by atoms with Crippen LogP contribution in [0, 0.1) is 5.92 Å². The Balaban J connectivity index is 1.62. The van der Waals surface area contributed by atoms with Gasteiger partial charge in [-0.25, -0.2) is 4.98 Å². The zero-order valence-corrected chi connectivity index (χ0v) is 22.9. The summed E-state index contributed by atoms with van der Waals surface area (Å²) in [7, 11) is 1.64. The highest BCUT2D eigenvalue weighted by Gasteiger charge is 2.35. The highest BCUT2D eigenvalue weighted by molar-refractivity contribution is 7.14. The summed E-state index contributed by atoms with van der Waals surface area (Å²) in [5.41, 5.74) is 2.52. The number of hydrogen-bond donors (Lipinski definition) is 0. The maximum atomic E-state index is 13.9. The fourth-order valence-corrected chi connectivity index (χ4v) is 5.72. The van der Waals surface area contributed by atoms with Crippen LogP contribution in [0.15, 0.2) is 53.9 Å². The molecule has 2 heterocycles. The lowest BCUT2D eigenvalue weighted by Crippen LogP contribution is -2.50. The number of aromatic nitrogens is 1. The number of rotatable bonds is 9. The van der Waals surface area contributed by atoms with E-state index in [0.717, 1.165) is 22.7 Å². The molecule has 0 unspecified atom stereocenters. The number of likely N-dealkylation sites (tertiary alicyclic amines) is 1. The summed E-state index contributed by atoms with van der Waals surface area (Å²) in [6.45, 7) is 5.21. The topological polar surface area (TPSA) is 72.0 Å². The molecule has 2 aromatic carbocycles. The number of carbonyl (C=O) groups is 2. The first-order valence-corrected chi connectivity index (χ1v) is 13.8. The first-order valence-electron chi connectivity index (χ1n) is 12.6. The monoisotopic (exact) mass is 541 g/mol. The summed E-state index contributed by atoms with van der Waals surface area (Å²) in [5, 5.41) is 3.24. The predicted octanol–water partition coefficient (Wildman–Crippen LogP) is 6.19. The molecule has 1 fully saturated rings. The summed E-state index contributed by atoms with van der Waals surface area (Å²) < 4.78 is 10.5. The van der Waals surface area contributed by atoms with Gasteiger partial charge in [0.15, 0.2) is 5.13 Å². The van der Waals surface area contributed by atoms with Crippen molar-refractivity contribution < 1.29 is 19.1 Å². The number of methoxy groups -OCH3 is 1. The van der Waals surface area contributed by atoms with Gasteiger partial charge in [-0.05, 0) is 62.6 Å². The highest BCUT2D eigenvalue weighted by Crippen LogP contribution is 2.39. The lowest BCUT2D eigenvalue weighted by molar-refractivity contribution is -0.151. The lowest BCUT2D eigenvalue weighted by atomic mass is 9.96. The second kappa shape index (κ2) is 12.4. The van der Waals surface area contributed by atoms with Crippen molar-refractivity contribution in [2.75, 3.05) is 31.7 Å². The largest absolute Gasteiger partial charge is 0.497 e. The Bertz CT molecular complexity index is 1210. The minimum atomic E-state index is -0.492. The SMILES string of the molecule is CCOC(=O)C1CCN(C(=O)[C@@H](CC)N(c2nc(-c3ccc(OC)cc3)cs2)c2ccccc2Cl)CC1. The Morgan fingerprint density at radius 3 is 2.46 bits per heavy atom. The summed E-state index contributed by atoms with van der Waals surface area (Å²) in [6, 6.07) is 14.8. The van der Waals surface area contributed by atoms with Crippen molar-refractivity contribution in [3.63, 3.8) is 0 Å². The van der Waals surface area contributed by atoms with Gasteiger partial charge in [-0.15, -0.1) is 11.3 Å². The molecule has 9 heteroatoms. The van der Waals surface area contributed by atoms with E-state index >= 15 is 0 Å². The molecule has 1 amide bonds. The number of thiazole rings is 1. The van der Waals surface area contributed by atoms with Gasteiger partial charge >= 0.3 is 5.97 Å². The summed E-state index contributed by atoms with van der Waals surface area (Å²) in [5.74, 6) is 0.453. The Morgan fingerprint density at radius 1 is 1.14 bits per heavy atom. The molecule has 7 nitrogen and oxygen atoms in total. The zero-order valence-electron chi connectivity index (χ0n) is 21.4. The van der Waals surface area contributed by atoms with Crippen LogP contribution >= 0.6 is 22.9 Å². The predicted molar refractivity (Wildman–Crippen MR) is 148 cm³/mol. The second-order valence-electron chi connectivity index (χ2n) is 8.84. The zero-order chi connectivity index (χ0) is 26.4. The molecule has 4 rings (SSSR count). The van der Waals surface area contributed by atoms with Gasteiger partial charge in [-0.3, -0.25) is 9.59 Å². The highest BCUT2D eigenvalue weighted by atomic mass is 35.5. The molecule has 0 aliphatic carbocycles. The molecule has 0 spiro atoms. The van der Waals surface area contributed by atoms with Crippen LogP contribution in [0.1, 0.15) is 33.1 Å². The molecule has 1 aliphatic heterocycles. The first kappa shape index (κ1) is 26.9. The molecular weight excluding hydrogens is 510 g/mol. The number of amides is 1. The van der Waals surface area contributed by atoms with Crippen molar-refractivity contribution in [1.82, 2.24) is 9.88 Å². The maximum absolute atomic E-state index is 13.9. The molecule has 1 saturated heterocycles. The molecule has 1 aliphatic rings. The van der Waals surface area contributed by atoms with Crippen LogP contribution in [0.3, 0.4) is 0 Å². The number of halogens is 1. The van der Waals surface area contributed by atoms with Crippen molar-refractivity contribution >= 4 is 45.6 Å². The third-order valence-electron chi connectivity index (χ3n) is 6.61. The van der Waals surface area contributed by atoms with E-state index in [1.807, 2.05) is 77.6 Å². The maximum Gasteiger partial charge on any atom is 0.309 e. The normalized spacial score (nSPS) is 14.8. The number of para-hydroxylation sites is 1. The minimum absolute atomic E-state index is 0.00549. The smallest absolute Gasteiger partial charge is 0.309 e. The number of benzene rings is 2. The van der Waals surface area contributed by atoms with E-state index in [9.17, 15) is 9.59 Å². The van der Waals surface area contributed by atoms with Crippen molar-refractivity contribution in [2.24, 2.45) is 5.92 Å². The molecule has 0 bridgehead atoms. The number of esters is 1. The molecule has 3 aromatic rings. The Hall–Kier alpha value is -3.10. The molecule has 37 heavy (non-hydrogen) atoms. The number of piperidine rings is 1. The van der Waals surface area contributed by atoms with Gasteiger partial charge < -0.3 is 19.3 Å². The Labute approximate surface area is 227 Å². The minimum Gasteiger partial charge on any atom is -0.497 e. The second-order valence-corrected chi connectivity index (χ2v) is 10.1. The average Bonchev–Trinajstić information content (AvgIpc) is 3.42. The standard InChI is InChI=1S/C28H32ClN3O4S/c1-4-24(26(33)31-16-14-20(15-17-31)27(34)36-5-2)32(25-9-7-6-8-22(25)29)28-30-23(18-37-28)19-10-12-21(35-3)13-11-19/h6-13,18,20,24H,4-5,14-17H2,1-3H3/t24-/m1/s1. The number of anilines is 2. The van der Waals surface area contributed by atoms with Gasteiger partial charge in [-0.2, -0.15) is 0 Å². The summed E-state index contributed by atoms with van der Waals surface area (Å²) in [6.07, 6.45) is 1.78. The summed E-state index contributed by atoms with van der Waals surface area (Å²) >= 11 is 8.12. The van der Waals surface area contributed by atoms with Crippen LogP contribution in [0.5, 0.6) is 5.75 Å². The summed E-state index contributed by atoms with van der Waals surface area (Å²) in [4.78, 5) is 34.8.